The molecule has 0 amide bonds. The SMILES string of the molecule is CC(C)C(CO)C(N)c1ccc(Cl)cc1. The fourth-order valence-corrected chi connectivity index (χ4v) is 1.80. The van der Waals surface area contributed by atoms with Crippen molar-refractivity contribution in [1.82, 2.24) is 0 Å². The molecule has 2 nitrogen and oxygen atoms in total. The number of halogens is 1. The van der Waals surface area contributed by atoms with E-state index in [1.165, 1.54) is 0 Å². The summed E-state index contributed by atoms with van der Waals surface area (Å²) in [6.45, 7) is 4.24. The summed E-state index contributed by atoms with van der Waals surface area (Å²) in [4.78, 5) is 0. The molecule has 0 aromatic heterocycles. The lowest BCUT2D eigenvalue weighted by molar-refractivity contribution is 0.166. The van der Waals surface area contributed by atoms with Gasteiger partial charge in [0.1, 0.15) is 0 Å². The molecule has 1 aromatic rings. The molecule has 2 unspecified atom stereocenters. The third-order valence-electron chi connectivity index (χ3n) is 2.78. The van der Waals surface area contributed by atoms with Crippen molar-refractivity contribution in [2.45, 2.75) is 19.9 Å². The second kappa shape index (κ2) is 5.50. The van der Waals surface area contributed by atoms with Crippen LogP contribution in [0, 0.1) is 11.8 Å². The standard InChI is InChI=1S/C12H18ClNO/c1-8(2)11(7-15)12(14)9-3-5-10(13)6-4-9/h3-6,8,11-12,15H,7,14H2,1-2H3. The van der Waals surface area contributed by atoms with Gasteiger partial charge < -0.3 is 10.8 Å². The van der Waals surface area contributed by atoms with Gasteiger partial charge in [-0.1, -0.05) is 37.6 Å². The van der Waals surface area contributed by atoms with E-state index in [2.05, 4.69) is 13.8 Å². The molecule has 1 aromatic carbocycles. The zero-order chi connectivity index (χ0) is 11.4. The van der Waals surface area contributed by atoms with Crippen LogP contribution in [0.1, 0.15) is 25.5 Å². The van der Waals surface area contributed by atoms with Crippen LogP contribution < -0.4 is 5.73 Å². The van der Waals surface area contributed by atoms with Crippen LogP contribution in [-0.4, -0.2) is 11.7 Å². The molecule has 0 bridgehead atoms. The van der Waals surface area contributed by atoms with E-state index in [1.54, 1.807) is 0 Å². The number of hydrogen-bond acceptors (Lipinski definition) is 2. The van der Waals surface area contributed by atoms with Crippen LogP contribution in [0.25, 0.3) is 0 Å². The van der Waals surface area contributed by atoms with E-state index in [-0.39, 0.29) is 18.6 Å². The van der Waals surface area contributed by atoms with Crippen molar-refractivity contribution in [3.05, 3.63) is 34.9 Å². The van der Waals surface area contributed by atoms with Gasteiger partial charge >= 0.3 is 0 Å². The van der Waals surface area contributed by atoms with E-state index >= 15 is 0 Å². The Labute approximate surface area is 96.1 Å². The van der Waals surface area contributed by atoms with Gasteiger partial charge in [-0.2, -0.15) is 0 Å². The predicted molar refractivity (Wildman–Crippen MR) is 63.8 cm³/mol. The van der Waals surface area contributed by atoms with E-state index in [0.717, 1.165) is 5.56 Å². The van der Waals surface area contributed by atoms with E-state index in [4.69, 9.17) is 17.3 Å². The first-order chi connectivity index (χ1) is 7.06. The molecular formula is C12H18ClNO. The molecule has 0 saturated carbocycles. The summed E-state index contributed by atoms with van der Waals surface area (Å²) in [6.07, 6.45) is 0. The number of benzene rings is 1. The highest BCUT2D eigenvalue weighted by Crippen LogP contribution is 2.26. The molecule has 15 heavy (non-hydrogen) atoms. The Hall–Kier alpha value is -0.570. The molecule has 0 saturated heterocycles. The smallest absolute Gasteiger partial charge is 0.0479 e. The number of hydrogen-bond donors (Lipinski definition) is 2. The molecule has 0 spiro atoms. The molecule has 0 aliphatic carbocycles. The Morgan fingerprint density at radius 3 is 2.20 bits per heavy atom. The van der Waals surface area contributed by atoms with Gasteiger partial charge in [0.15, 0.2) is 0 Å². The minimum atomic E-state index is -0.132. The molecular weight excluding hydrogens is 210 g/mol. The quantitative estimate of drug-likeness (QED) is 0.831. The topological polar surface area (TPSA) is 46.2 Å². The van der Waals surface area contributed by atoms with Crippen molar-refractivity contribution in [3.8, 4) is 0 Å². The fraction of sp³-hybridized carbons (Fsp3) is 0.500. The maximum absolute atomic E-state index is 9.28. The Morgan fingerprint density at radius 2 is 1.80 bits per heavy atom. The number of aliphatic hydroxyl groups is 1. The van der Waals surface area contributed by atoms with Gasteiger partial charge in [-0.15, -0.1) is 0 Å². The average molecular weight is 228 g/mol. The van der Waals surface area contributed by atoms with Crippen molar-refractivity contribution >= 4 is 11.6 Å². The van der Waals surface area contributed by atoms with Crippen LogP contribution in [-0.2, 0) is 0 Å². The van der Waals surface area contributed by atoms with Crippen molar-refractivity contribution < 1.29 is 5.11 Å². The van der Waals surface area contributed by atoms with Gasteiger partial charge in [-0.3, -0.25) is 0 Å². The third kappa shape index (κ3) is 3.20. The molecule has 0 radical (unpaired) electrons. The van der Waals surface area contributed by atoms with Gasteiger partial charge in [0, 0.05) is 23.6 Å². The maximum atomic E-state index is 9.28. The first-order valence-corrected chi connectivity index (χ1v) is 5.56. The summed E-state index contributed by atoms with van der Waals surface area (Å²) in [5, 5.41) is 9.98. The van der Waals surface area contributed by atoms with Gasteiger partial charge in [-0.05, 0) is 23.6 Å². The average Bonchev–Trinajstić information content (AvgIpc) is 2.19. The molecule has 3 N–H and O–H groups in total. The van der Waals surface area contributed by atoms with Crippen molar-refractivity contribution in [3.63, 3.8) is 0 Å². The Morgan fingerprint density at radius 1 is 1.27 bits per heavy atom. The molecule has 2 atom stereocenters. The normalized spacial score (nSPS) is 15.3. The lowest BCUT2D eigenvalue weighted by Crippen LogP contribution is -2.28. The van der Waals surface area contributed by atoms with E-state index in [1.807, 2.05) is 24.3 Å². The lowest BCUT2D eigenvalue weighted by atomic mass is 9.86. The van der Waals surface area contributed by atoms with Crippen molar-refractivity contribution in [1.29, 1.82) is 0 Å². The van der Waals surface area contributed by atoms with Crippen LogP contribution in [0.3, 0.4) is 0 Å². The number of rotatable bonds is 4. The largest absolute Gasteiger partial charge is 0.396 e. The Kier molecular flexibility index (Phi) is 4.58. The van der Waals surface area contributed by atoms with Gasteiger partial charge in [0.2, 0.25) is 0 Å². The molecule has 3 heteroatoms. The van der Waals surface area contributed by atoms with Crippen LogP contribution in [0.5, 0.6) is 0 Å². The second-order valence-electron chi connectivity index (χ2n) is 4.17. The first kappa shape index (κ1) is 12.5. The molecule has 0 aliphatic heterocycles. The molecule has 84 valence electrons. The summed E-state index contributed by atoms with van der Waals surface area (Å²) < 4.78 is 0. The highest BCUT2D eigenvalue weighted by Gasteiger charge is 2.21. The monoisotopic (exact) mass is 227 g/mol. The highest BCUT2D eigenvalue weighted by molar-refractivity contribution is 6.30. The maximum Gasteiger partial charge on any atom is 0.0479 e. The Balaban J connectivity index is 2.82. The summed E-state index contributed by atoms with van der Waals surface area (Å²) in [5.74, 6) is 0.451. The van der Waals surface area contributed by atoms with Crippen LogP contribution in [0.4, 0.5) is 0 Å². The molecule has 1 rings (SSSR count). The highest BCUT2D eigenvalue weighted by atomic mass is 35.5. The zero-order valence-electron chi connectivity index (χ0n) is 9.15. The van der Waals surface area contributed by atoms with E-state index in [0.29, 0.717) is 10.9 Å². The van der Waals surface area contributed by atoms with Crippen LogP contribution >= 0.6 is 11.6 Å². The number of aliphatic hydroxyl groups excluding tert-OH is 1. The fourth-order valence-electron chi connectivity index (χ4n) is 1.67. The summed E-state index contributed by atoms with van der Waals surface area (Å²) in [6, 6.07) is 7.35. The third-order valence-corrected chi connectivity index (χ3v) is 3.04. The van der Waals surface area contributed by atoms with Crippen molar-refractivity contribution in [2.75, 3.05) is 6.61 Å². The van der Waals surface area contributed by atoms with Gasteiger partial charge in [0.25, 0.3) is 0 Å². The van der Waals surface area contributed by atoms with Crippen molar-refractivity contribution in [2.24, 2.45) is 17.6 Å². The summed E-state index contributed by atoms with van der Waals surface area (Å²) >= 11 is 5.80. The summed E-state index contributed by atoms with van der Waals surface area (Å²) in [7, 11) is 0. The van der Waals surface area contributed by atoms with E-state index in [9.17, 15) is 5.11 Å². The van der Waals surface area contributed by atoms with Crippen LogP contribution in [0.15, 0.2) is 24.3 Å². The molecule has 0 aliphatic rings. The molecule has 0 heterocycles. The van der Waals surface area contributed by atoms with Gasteiger partial charge in [-0.25, -0.2) is 0 Å². The minimum absolute atomic E-state index is 0.0891. The van der Waals surface area contributed by atoms with E-state index < -0.39 is 0 Å². The Bertz CT molecular complexity index is 297. The van der Waals surface area contributed by atoms with Crippen LogP contribution in [0.2, 0.25) is 5.02 Å². The number of nitrogens with two attached hydrogens (primary N) is 1. The first-order valence-electron chi connectivity index (χ1n) is 5.18. The summed E-state index contributed by atoms with van der Waals surface area (Å²) in [5.41, 5.74) is 7.12. The lowest BCUT2D eigenvalue weighted by Gasteiger charge is -2.25. The second-order valence-corrected chi connectivity index (χ2v) is 4.60. The predicted octanol–water partition coefficient (Wildman–Crippen LogP) is 2.60. The molecule has 0 fully saturated rings. The zero-order valence-corrected chi connectivity index (χ0v) is 9.91. The minimum Gasteiger partial charge on any atom is -0.396 e. The van der Waals surface area contributed by atoms with Gasteiger partial charge in [0.05, 0.1) is 0 Å².